The second-order valence-electron chi connectivity index (χ2n) is 6.55. The fraction of sp³-hybridized carbons (Fsp3) is 0.421. The van der Waals surface area contributed by atoms with Gasteiger partial charge in [0.1, 0.15) is 0 Å². The van der Waals surface area contributed by atoms with Crippen LogP contribution in [0.3, 0.4) is 0 Å². The maximum Gasteiger partial charge on any atom is 0.278 e. The Morgan fingerprint density at radius 1 is 1.15 bits per heavy atom. The number of nitrogens with zero attached hydrogens (tertiary/aromatic N) is 3. The Labute approximate surface area is 156 Å². The Bertz CT molecular complexity index is 880. The molecule has 2 saturated heterocycles. The second kappa shape index (κ2) is 7.13. The largest absolute Gasteiger partial charge is 0.494 e. The highest BCUT2D eigenvalue weighted by Crippen LogP contribution is 2.32. The van der Waals surface area contributed by atoms with Gasteiger partial charge in [0.05, 0.1) is 32.1 Å². The van der Waals surface area contributed by atoms with Crippen LogP contribution >= 0.6 is 0 Å². The van der Waals surface area contributed by atoms with Crippen molar-refractivity contribution in [2.24, 2.45) is 0 Å². The number of carbonyl (C=O) groups is 1. The first-order valence-electron chi connectivity index (χ1n) is 8.93. The Morgan fingerprint density at radius 2 is 1.81 bits per heavy atom. The van der Waals surface area contributed by atoms with Crippen molar-refractivity contribution in [3.63, 3.8) is 0 Å². The van der Waals surface area contributed by atoms with Crippen LogP contribution in [0.4, 0.5) is 0 Å². The zero-order chi connectivity index (χ0) is 18.9. The van der Waals surface area contributed by atoms with E-state index in [4.69, 9.17) is 14.2 Å². The number of likely N-dealkylation sites (tertiary alicyclic amines) is 1. The zero-order valence-corrected chi connectivity index (χ0v) is 15.1. The third-order valence-corrected chi connectivity index (χ3v) is 4.95. The molecule has 2 aromatic rings. The van der Waals surface area contributed by atoms with Crippen molar-refractivity contribution in [2.45, 2.75) is 18.6 Å². The van der Waals surface area contributed by atoms with Crippen molar-refractivity contribution < 1.29 is 19.0 Å². The lowest BCUT2D eigenvalue weighted by molar-refractivity contribution is -0.181. The summed E-state index contributed by atoms with van der Waals surface area (Å²) in [5, 5.41) is 4.30. The first kappa shape index (κ1) is 17.7. The minimum absolute atomic E-state index is 0.116. The summed E-state index contributed by atoms with van der Waals surface area (Å²) in [6.45, 7) is 2.17. The molecule has 0 N–H and O–H groups in total. The first-order valence-corrected chi connectivity index (χ1v) is 8.93. The summed E-state index contributed by atoms with van der Waals surface area (Å²) in [4.78, 5) is 27.1. The van der Waals surface area contributed by atoms with Crippen LogP contribution in [0.5, 0.6) is 5.75 Å². The van der Waals surface area contributed by atoms with Gasteiger partial charge in [-0.15, -0.1) is 0 Å². The number of rotatable bonds is 3. The molecule has 0 aliphatic carbocycles. The molecule has 3 heterocycles. The van der Waals surface area contributed by atoms with Crippen LogP contribution in [0.15, 0.2) is 41.2 Å². The molecule has 1 spiro atoms. The third kappa shape index (κ3) is 3.33. The number of methoxy groups -OCH3 is 1. The topological polar surface area (TPSA) is 82.9 Å². The highest BCUT2D eigenvalue weighted by molar-refractivity contribution is 5.94. The quantitative estimate of drug-likeness (QED) is 0.807. The Hall–Kier alpha value is -2.71. The SMILES string of the molecule is COc1cc(=O)n(-c2ccccc2)nc1C(=O)N1CCC2(CC1)OCCO2. The van der Waals surface area contributed by atoms with Crippen molar-refractivity contribution >= 4 is 5.91 Å². The molecule has 0 radical (unpaired) electrons. The van der Waals surface area contributed by atoms with E-state index in [2.05, 4.69) is 5.10 Å². The molecule has 27 heavy (non-hydrogen) atoms. The van der Waals surface area contributed by atoms with Crippen LogP contribution < -0.4 is 10.3 Å². The Balaban J connectivity index is 1.62. The van der Waals surface area contributed by atoms with E-state index >= 15 is 0 Å². The molecular weight excluding hydrogens is 350 g/mol. The van der Waals surface area contributed by atoms with Gasteiger partial charge >= 0.3 is 0 Å². The monoisotopic (exact) mass is 371 g/mol. The molecule has 0 atom stereocenters. The van der Waals surface area contributed by atoms with Gasteiger partial charge in [0.15, 0.2) is 17.2 Å². The van der Waals surface area contributed by atoms with Crippen molar-refractivity contribution in [1.29, 1.82) is 0 Å². The molecule has 0 unspecified atom stereocenters. The van der Waals surface area contributed by atoms with Gasteiger partial charge in [0.2, 0.25) is 0 Å². The predicted octanol–water partition coefficient (Wildman–Crippen LogP) is 1.22. The van der Waals surface area contributed by atoms with Gasteiger partial charge in [-0.05, 0) is 12.1 Å². The minimum Gasteiger partial charge on any atom is -0.494 e. The second-order valence-corrected chi connectivity index (χ2v) is 6.55. The highest BCUT2D eigenvalue weighted by atomic mass is 16.7. The number of amides is 1. The average Bonchev–Trinajstić information content (AvgIpc) is 3.16. The molecule has 4 rings (SSSR count). The fourth-order valence-electron chi connectivity index (χ4n) is 3.48. The molecule has 2 aliphatic heterocycles. The van der Waals surface area contributed by atoms with Gasteiger partial charge in [-0.25, -0.2) is 0 Å². The molecule has 1 aromatic carbocycles. The summed E-state index contributed by atoms with van der Waals surface area (Å²) in [6, 6.07) is 10.3. The van der Waals surface area contributed by atoms with Crippen molar-refractivity contribution in [3.05, 3.63) is 52.4 Å². The van der Waals surface area contributed by atoms with Gasteiger partial charge in [0.25, 0.3) is 11.5 Å². The lowest BCUT2D eigenvalue weighted by Crippen LogP contribution is -2.47. The molecule has 8 nitrogen and oxygen atoms in total. The molecular formula is C19H21N3O5. The molecule has 1 aromatic heterocycles. The smallest absolute Gasteiger partial charge is 0.278 e. The first-order chi connectivity index (χ1) is 13.1. The van der Waals surface area contributed by atoms with E-state index < -0.39 is 5.79 Å². The lowest BCUT2D eigenvalue weighted by Gasteiger charge is -2.37. The maximum absolute atomic E-state index is 13.1. The van der Waals surface area contributed by atoms with Crippen molar-refractivity contribution in [2.75, 3.05) is 33.4 Å². The summed E-state index contributed by atoms with van der Waals surface area (Å²) < 4.78 is 17.9. The number of piperidine rings is 1. The number of ether oxygens (including phenoxy) is 3. The van der Waals surface area contributed by atoms with E-state index in [9.17, 15) is 9.59 Å². The van der Waals surface area contributed by atoms with Crippen LogP contribution in [0.2, 0.25) is 0 Å². The summed E-state index contributed by atoms with van der Waals surface area (Å²) in [5.74, 6) is -0.660. The summed E-state index contributed by atoms with van der Waals surface area (Å²) >= 11 is 0. The van der Waals surface area contributed by atoms with E-state index in [1.54, 1.807) is 29.2 Å². The van der Waals surface area contributed by atoms with Gasteiger partial charge in [-0.1, -0.05) is 18.2 Å². The molecule has 0 bridgehead atoms. The van der Waals surface area contributed by atoms with Crippen LogP contribution in [-0.4, -0.2) is 59.8 Å². The van der Waals surface area contributed by atoms with Crippen LogP contribution in [0, 0.1) is 0 Å². The van der Waals surface area contributed by atoms with Gasteiger partial charge < -0.3 is 19.1 Å². The summed E-state index contributed by atoms with van der Waals surface area (Å²) in [5.41, 5.74) is 0.342. The Kier molecular flexibility index (Phi) is 4.67. The molecule has 2 fully saturated rings. The van der Waals surface area contributed by atoms with Crippen molar-refractivity contribution in [1.82, 2.24) is 14.7 Å². The standard InChI is InChI=1S/C19H21N3O5/c1-25-15-13-16(23)22(14-5-3-2-4-6-14)20-17(15)18(24)21-9-7-19(8-10-21)26-11-12-27-19/h2-6,13H,7-12H2,1H3. The number of aromatic nitrogens is 2. The molecule has 0 saturated carbocycles. The average molecular weight is 371 g/mol. The van der Waals surface area contributed by atoms with Crippen LogP contribution in [0.1, 0.15) is 23.3 Å². The van der Waals surface area contributed by atoms with Crippen LogP contribution in [-0.2, 0) is 9.47 Å². The number of hydrogen-bond donors (Lipinski definition) is 0. The number of para-hydroxylation sites is 1. The fourth-order valence-corrected chi connectivity index (χ4v) is 3.48. The number of benzene rings is 1. The lowest BCUT2D eigenvalue weighted by atomic mass is 10.0. The summed E-state index contributed by atoms with van der Waals surface area (Å²) in [6.07, 6.45) is 1.22. The summed E-state index contributed by atoms with van der Waals surface area (Å²) in [7, 11) is 1.42. The van der Waals surface area contributed by atoms with E-state index in [1.165, 1.54) is 17.9 Å². The third-order valence-electron chi connectivity index (χ3n) is 4.95. The van der Waals surface area contributed by atoms with E-state index in [0.29, 0.717) is 44.8 Å². The van der Waals surface area contributed by atoms with Crippen molar-refractivity contribution in [3.8, 4) is 11.4 Å². The highest BCUT2D eigenvalue weighted by Gasteiger charge is 2.41. The van der Waals surface area contributed by atoms with Gasteiger partial charge in [0, 0.05) is 25.9 Å². The Morgan fingerprint density at radius 3 is 2.44 bits per heavy atom. The molecule has 142 valence electrons. The predicted molar refractivity (Wildman–Crippen MR) is 96.2 cm³/mol. The number of carbonyl (C=O) groups excluding carboxylic acids is 1. The maximum atomic E-state index is 13.1. The minimum atomic E-state index is -0.558. The van der Waals surface area contributed by atoms with Gasteiger partial charge in [-0.3, -0.25) is 9.59 Å². The molecule has 2 aliphatic rings. The van der Waals surface area contributed by atoms with Crippen LogP contribution in [0.25, 0.3) is 5.69 Å². The zero-order valence-electron chi connectivity index (χ0n) is 15.1. The molecule has 8 heteroatoms. The number of hydrogen-bond acceptors (Lipinski definition) is 6. The van der Waals surface area contributed by atoms with E-state index in [0.717, 1.165) is 0 Å². The van der Waals surface area contributed by atoms with Gasteiger partial charge in [-0.2, -0.15) is 9.78 Å². The molecule has 1 amide bonds. The normalized spacial score (nSPS) is 18.6. The van der Waals surface area contributed by atoms with E-state index in [-0.39, 0.29) is 22.9 Å². The van der Waals surface area contributed by atoms with E-state index in [1.807, 2.05) is 6.07 Å².